The fourth-order valence-electron chi connectivity index (χ4n) is 8.06. The van der Waals surface area contributed by atoms with Crippen molar-refractivity contribution in [2.45, 2.75) is 302 Å². The van der Waals surface area contributed by atoms with E-state index in [1.54, 1.807) is 0 Å². The molecular weight excluding hydrogens is 649 g/mol. The maximum absolute atomic E-state index is 11.9. The van der Waals surface area contributed by atoms with Gasteiger partial charge < -0.3 is 9.84 Å². The summed E-state index contributed by atoms with van der Waals surface area (Å²) in [6.07, 6.45) is 62.7. The number of aliphatic hydroxyl groups is 1. The molecule has 3 heteroatoms. The highest BCUT2D eigenvalue weighted by molar-refractivity contribution is 5.69. The van der Waals surface area contributed by atoms with E-state index in [4.69, 9.17) is 9.84 Å². The van der Waals surface area contributed by atoms with Crippen molar-refractivity contribution in [3.05, 3.63) is 0 Å². The summed E-state index contributed by atoms with van der Waals surface area (Å²) in [6, 6.07) is 0. The number of hydrogen-bond donors (Lipinski definition) is 1. The largest absolute Gasteiger partial charge is 0.466 e. The summed E-state index contributed by atoms with van der Waals surface area (Å²) in [6.45, 7) is 3.27. The molecule has 0 aromatic heterocycles. The van der Waals surface area contributed by atoms with Crippen molar-refractivity contribution in [2.24, 2.45) is 0 Å². The van der Waals surface area contributed by atoms with Crippen LogP contribution < -0.4 is 0 Å². The summed E-state index contributed by atoms with van der Waals surface area (Å²) in [7, 11) is 0. The lowest BCUT2D eigenvalue weighted by Crippen LogP contribution is -2.05. The Morgan fingerprint density at radius 3 is 0.755 bits per heavy atom. The Labute approximate surface area is 335 Å². The minimum absolute atomic E-state index is 0.0248. The van der Waals surface area contributed by atoms with E-state index in [0.717, 1.165) is 19.3 Å². The molecule has 318 valence electrons. The second kappa shape index (κ2) is 49.4. The molecule has 0 amide bonds. The van der Waals surface area contributed by atoms with Gasteiger partial charge in [0.15, 0.2) is 0 Å². The van der Waals surface area contributed by atoms with Crippen molar-refractivity contribution in [2.75, 3.05) is 13.2 Å². The summed E-state index contributed by atoms with van der Waals surface area (Å²) < 4.78 is 5.45. The predicted molar refractivity (Wildman–Crippen MR) is 236 cm³/mol. The van der Waals surface area contributed by atoms with Crippen molar-refractivity contribution < 1.29 is 14.6 Å². The molecule has 3 nitrogen and oxygen atoms in total. The SMILES string of the molecule is CCCCCCCCCCCC(=O)OCCCCCCCCCCCCCCCCCCCCCCCCCCCCCCCCCCCCCCO. The van der Waals surface area contributed by atoms with Crippen LogP contribution in [0.2, 0.25) is 0 Å². The van der Waals surface area contributed by atoms with E-state index in [1.165, 1.54) is 270 Å². The van der Waals surface area contributed by atoms with Crippen LogP contribution in [0.15, 0.2) is 0 Å². The molecule has 0 rings (SSSR count). The van der Waals surface area contributed by atoms with Gasteiger partial charge in [-0.2, -0.15) is 0 Å². The topological polar surface area (TPSA) is 46.5 Å². The zero-order valence-electron chi connectivity index (χ0n) is 36.7. The zero-order chi connectivity index (χ0) is 38.2. The predicted octanol–water partition coefficient (Wildman–Crippen LogP) is 17.5. The van der Waals surface area contributed by atoms with Crippen molar-refractivity contribution in [1.29, 1.82) is 0 Å². The Balaban J connectivity index is 3.10. The number of carbonyl (C=O) groups excluding carboxylic acids is 1. The van der Waals surface area contributed by atoms with Gasteiger partial charge in [0.05, 0.1) is 6.61 Å². The Bertz CT molecular complexity index is 649. The van der Waals surface area contributed by atoms with Gasteiger partial charge in [-0.25, -0.2) is 0 Å². The Hall–Kier alpha value is -0.570. The highest BCUT2D eigenvalue weighted by atomic mass is 16.5. The molecule has 0 aliphatic heterocycles. The molecule has 0 bridgehead atoms. The van der Waals surface area contributed by atoms with Crippen LogP contribution in [0.5, 0.6) is 0 Å². The first-order valence-electron chi connectivity index (χ1n) is 25.1. The van der Waals surface area contributed by atoms with Gasteiger partial charge in [0.1, 0.15) is 0 Å². The minimum Gasteiger partial charge on any atom is -0.466 e. The van der Waals surface area contributed by atoms with Gasteiger partial charge >= 0.3 is 5.97 Å². The molecule has 0 fully saturated rings. The maximum Gasteiger partial charge on any atom is 0.305 e. The molecule has 0 aromatic carbocycles. The van der Waals surface area contributed by atoms with E-state index in [9.17, 15) is 4.79 Å². The fraction of sp³-hybridized carbons (Fsp3) is 0.980. The molecular formula is C50H100O3. The van der Waals surface area contributed by atoms with E-state index < -0.39 is 0 Å². The summed E-state index contributed by atoms with van der Waals surface area (Å²) in [5.41, 5.74) is 0. The van der Waals surface area contributed by atoms with Crippen molar-refractivity contribution in [3.63, 3.8) is 0 Å². The minimum atomic E-state index is 0.0248. The first kappa shape index (κ1) is 52.4. The van der Waals surface area contributed by atoms with Gasteiger partial charge in [0.2, 0.25) is 0 Å². The highest BCUT2D eigenvalue weighted by Gasteiger charge is 2.03. The quantitative estimate of drug-likeness (QED) is 0.0498. The Morgan fingerprint density at radius 2 is 0.509 bits per heavy atom. The van der Waals surface area contributed by atoms with E-state index >= 15 is 0 Å². The molecule has 1 N–H and O–H groups in total. The number of hydrogen-bond acceptors (Lipinski definition) is 3. The van der Waals surface area contributed by atoms with Crippen LogP contribution >= 0.6 is 0 Å². The number of ether oxygens (including phenoxy) is 1. The first-order valence-corrected chi connectivity index (χ1v) is 25.1. The molecule has 0 spiro atoms. The van der Waals surface area contributed by atoms with Crippen LogP contribution in [0.3, 0.4) is 0 Å². The van der Waals surface area contributed by atoms with Crippen molar-refractivity contribution in [3.8, 4) is 0 Å². The Kier molecular flexibility index (Phi) is 48.9. The van der Waals surface area contributed by atoms with Gasteiger partial charge in [-0.3, -0.25) is 4.79 Å². The zero-order valence-corrected chi connectivity index (χ0v) is 36.7. The third kappa shape index (κ3) is 49.4. The van der Waals surface area contributed by atoms with Crippen LogP contribution in [-0.4, -0.2) is 24.3 Å². The monoisotopic (exact) mass is 749 g/mol. The van der Waals surface area contributed by atoms with E-state index in [0.29, 0.717) is 19.6 Å². The molecule has 0 aliphatic carbocycles. The van der Waals surface area contributed by atoms with Crippen molar-refractivity contribution in [1.82, 2.24) is 0 Å². The van der Waals surface area contributed by atoms with Crippen LogP contribution in [0.4, 0.5) is 0 Å². The average molecular weight is 749 g/mol. The number of unbranched alkanes of at least 4 members (excludes halogenated alkanes) is 43. The third-order valence-corrected chi connectivity index (χ3v) is 11.8. The molecule has 0 atom stereocenters. The van der Waals surface area contributed by atoms with Crippen molar-refractivity contribution >= 4 is 5.97 Å². The fourth-order valence-corrected chi connectivity index (χ4v) is 8.06. The van der Waals surface area contributed by atoms with E-state index in [-0.39, 0.29) is 5.97 Å². The lowest BCUT2D eigenvalue weighted by Gasteiger charge is -2.06. The summed E-state index contributed by atoms with van der Waals surface area (Å²) in [5, 5.41) is 8.81. The lowest BCUT2D eigenvalue weighted by atomic mass is 10.0. The second-order valence-electron chi connectivity index (χ2n) is 17.3. The van der Waals surface area contributed by atoms with Gasteiger partial charge in [0.25, 0.3) is 0 Å². The molecule has 53 heavy (non-hydrogen) atoms. The summed E-state index contributed by atoms with van der Waals surface area (Å²) >= 11 is 0. The van der Waals surface area contributed by atoms with Crippen LogP contribution in [0.1, 0.15) is 302 Å². The normalized spacial score (nSPS) is 11.5. The number of esters is 1. The van der Waals surface area contributed by atoms with Gasteiger partial charge in [-0.15, -0.1) is 0 Å². The van der Waals surface area contributed by atoms with Gasteiger partial charge in [-0.05, 0) is 19.3 Å². The van der Waals surface area contributed by atoms with E-state index in [1.807, 2.05) is 0 Å². The molecule has 0 heterocycles. The van der Waals surface area contributed by atoms with Crippen LogP contribution in [0, 0.1) is 0 Å². The second-order valence-corrected chi connectivity index (χ2v) is 17.3. The summed E-state index contributed by atoms with van der Waals surface area (Å²) in [5.74, 6) is 0.0248. The first-order chi connectivity index (χ1) is 26.3. The van der Waals surface area contributed by atoms with Gasteiger partial charge in [0, 0.05) is 13.0 Å². The van der Waals surface area contributed by atoms with Crippen LogP contribution in [-0.2, 0) is 9.53 Å². The number of carbonyl (C=O) groups is 1. The molecule has 0 unspecified atom stereocenters. The Morgan fingerprint density at radius 1 is 0.302 bits per heavy atom. The molecule has 0 aliphatic rings. The third-order valence-electron chi connectivity index (χ3n) is 11.8. The summed E-state index contributed by atoms with van der Waals surface area (Å²) in [4.78, 5) is 11.9. The number of rotatable bonds is 48. The molecule has 0 aromatic rings. The molecule has 0 saturated carbocycles. The lowest BCUT2D eigenvalue weighted by molar-refractivity contribution is -0.143. The van der Waals surface area contributed by atoms with Gasteiger partial charge in [-0.1, -0.05) is 277 Å². The van der Waals surface area contributed by atoms with Crippen LogP contribution in [0.25, 0.3) is 0 Å². The average Bonchev–Trinajstić information content (AvgIpc) is 3.16. The standard InChI is InChI=1S/C50H100O3/c1-2-3-4-5-6-35-38-41-44-47-50(52)53-49-46-43-40-37-34-32-30-28-26-24-22-20-18-16-14-12-10-8-7-9-11-13-15-17-19-21-23-25-27-29-31-33-36-39-42-45-48-51/h51H,2-49H2,1H3. The highest BCUT2D eigenvalue weighted by Crippen LogP contribution is 2.18. The molecule has 0 radical (unpaired) electrons. The molecule has 0 saturated heterocycles. The number of aliphatic hydroxyl groups excluding tert-OH is 1. The smallest absolute Gasteiger partial charge is 0.305 e. The van der Waals surface area contributed by atoms with E-state index in [2.05, 4.69) is 6.92 Å². The maximum atomic E-state index is 11.9.